The number of carbonyl (C=O) groups is 2. The molecule has 0 radical (unpaired) electrons. The van der Waals surface area contributed by atoms with Crippen LogP contribution in [0.4, 0.5) is 4.79 Å². The van der Waals surface area contributed by atoms with Gasteiger partial charge in [-0.05, 0) is 6.92 Å². The number of rotatable bonds is 5. The van der Waals surface area contributed by atoms with Gasteiger partial charge in [0.15, 0.2) is 0 Å². The van der Waals surface area contributed by atoms with Crippen molar-refractivity contribution in [3.05, 3.63) is 0 Å². The molecule has 6 nitrogen and oxygen atoms in total. The number of carbonyl (C=O) groups excluding carboxylic acids is 1. The molecule has 98 valence electrons. The highest BCUT2D eigenvalue weighted by Crippen LogP contribution is 2.24. The van der Waals surface area contributed by atoms with E-state index in [1.807, 2.05) is 6.92 Å². The van der Waals surface area contributed by atoms with Crippen molar-refractivity contribution in [3.63, 3.8) is 0 Å². The first-order chi connectivity index (χ1) is 8.01. The molecule has 2 amide bonds. The van der Waals surface area contributed by atoms with E-state index >= 15 is 0 Å². The highest BCUT2D eigenvalue weighted by Gasteiger charge is 2.38. The molecule has 1 atom stereocenters. The Balaban J connectivity index is 2.41. The summed E-state index contributed by atoms with van der Waals surface area (Å²) in [5.74, 6) is -1.18. The fourth-order valence-corrected chi connectivity index (χ4v) is 1.90. The Hall–Kier alpha value is -1.30. The Labute approximate surface area is 101 Å². The summed E-state index contributed by atoms with van der Waals surface area (Å²) in [4.78, 5) is 25.8. The number of aliphatic hydroxyl groups is 1. The Morgan fingerprint density at radius 2 is 2.06 bits per heavy atom. The molecule has 0 aromatic rings. The van der Waals surface area contributed by atoms with Crippen LogP contribution in [-0.4, -0.2) is 64.8 Å². The molecule has 1 aliphatic heterocycles. The second-order valence-corrected chi connectivity index (χ2v) is 4.38. The lowest BCUT2D eigenvalue weighted by Gasteiger charge is -2.43. The van der Waals surface area contributed by atoms with Crippen molar-refractivity contribution in [2.24, 2.45) is 11.8 Å². The number of amides is 2. The van der Waals surface area contributed by atoms with E-state index in [1.54, 1.807) is 16.7 Å². The number of carboxylic acids is 1. The lowest BCUT2D eigenvalue weighted by Crippen LogP contribution is -2.57. The summed E-state index contributed by atoms with van der Waals surface area (Å²) in [5, 5.41) is 17.6. The van der Waals surface area contributed by atoms with Crippen molar-refractivity contribution in [3.8, 4) is 0 Å². The highest BCUT2D eigenvalue weighted by molar-refractivity contribution is 5.76. The molecule has 0 aromatic carbocycles. The SMILES string of the molecule is CCN(CCO)C(=O)N1CC(C(C)C(=O)O)C1. The minimum Gasteiger partial charge on any atom is -0.481 e. The summed E-state index contributed by atoms with van der Waals surface area (Å²) < 4.78 is 0. The molecule has 0 aliphatic carbocycles. The summed E-state index contributed by atoms with van der Waals surface area (Å²) in [7, 11) is 0. The van der Waals surface area contributed by atoms with Crippen LogP contribution in [0.15, 0.2) is 0 Å². The molecule has 2 N–H and O–H groups in total. The van der Waals surface area contributed by atoms with Crippen molar-refractivity contribution >= 4 is 12.0 Å². The number of aliphatic hydroxyl groups excluding tert-OH is 1. The third-order valence-corrected chi connectivity index (χ3v) is 3.30. The summed E-state index contributed by atoms with van der Waals surface area (Å²) in [6, 6.07) is -0.115. The van der Waals surface area contributed by atoms with E-state index in [-0.39, 0.29) is 18.6 Å². The number of urea groups is 1. The molecule has 17 heavy (non-hydrogen) atoms. The molecular weight excluding hydrogens is 224 g/mol. The minimum absolute atomic E-state index is 0.0456. The van der Waals surface area contributed by atoms with Gasteiger partial charge in [-0.25, -0.2) is 4.79 Å². The molecule has 1 heterocycles. The number of likely N-dealkylation sites (N-methyl/N-ethyl adjacent to an activating group) is 1. The lowest BCUT2D eigenvalue weighted by atomic mass is 9.87. The van der Waals surface area contributed by atoms with Crippen molar-refractivity contribution in [1.29, 1.82) is 0 Å². The van der Waals surface area contributed by atoms with Gasteiger partial charge in [0.1, 0.15) is 0 Å². The van der Waals surface area contributed by atoms with Gasteiger partial charge >= 0.3 is 12.0 Å². The van der Waals surface area contributed by atoms with Crippen molar-refractivity contribution in [2.75, 3.05) is 32.8 Å². The predicted octanol–water partition coefficient (Wildman–Crippen LogP) is 0.0731. The molecule has 1 saturated heterocycles. The van der Waals surface area contributed by atoms with E-state index in [4.69, 9.17) is 10.2 Å². The standard InChI is InChI=1S/C11H20N2O4/c1-3-12(4-5-14)11(17)13-6-9(7-13)8(2)10(15)16/h8-9,14H,3-7H2,1-2H3,(H,15,16). The van der Waals surface area contributed by atoms with Gasteiger partial charge in [-0.3, -0.25) is 4.79 Å². The predicted molar refractivity (Wildman–Crippen MR) is 61.6 cm³/mol. The van der Waals surface area contributed by atoms with E-state index in [0.29, 0.717) is 26.2 Å². The van der Waals surface area contributed by atoms with Gasteiger partial charge < -0.3 is 20.0 Å². The number of hydrogen-bond donors (Lipinski definition) is 2. The van der Waals surface area contributed by atoms with Crippen molar-refractivity contribution in [2.45, 2.75) is 13.8 Å². The van der Waals surface area contributed by atoms with Crippen LogP contribution in [0.1, 0.15) is 13.8 Å². The molecule has 1 aliphatic rings. The minimum atomic E-state index is -0.815. The summed E-state index contributed by atoms with van der Waals surface area (Å²) in [5.41, 5.74) is 0. The summed E-state index contributed by atoms with van der Waals surface area (Å²) in [6.07, 6.45) is 0. The fraction of sp³-hybridized carbons (Fsp3) is 0.818. The number of nitrogens with zero attached hydrogens (tertiary/aromatic N) is 2. The zero-order valence-electron chi connectivity index (χ0n) is 10.3. The largest absolute Gasteiger partial charge is 0.481 e. The maximum Gasteiger partial charge on any atom is 0.320 e. The van der Waals surface area contributed by atoms with E-state index in [9.17, 15) is 9.59 Å². The van der Waals surface area contributed by atoms with Crippen LogP contribution >= 0.6 is 0 Å². The molecule has 1 fully saturated rings. The van der Waals surface area contributed by atoms with E-state index in [2.05, 4.69) is 0 Å². The fourth-order valence-electron chi connectivity index (χ4n) is 1.90. The zero-order chi connectivity index (χ0) is 13.0. The summed E-state index contributed by atoms with van der Waals surface area (Å²) in [6.45, 7) is 5.33. The molecule has 0 bridgehead atoms. The summed E-state index contributed by atoms with van der Waals surface area (Å²) >= 11 is 0. The van der Waals surface area contributed by atoms with Crippen LogP contribution in [0.25, 0.3) is 0 Å². The van der Waals surface area contributed by atoms with Crippen LogP contribution in [0.5, 0.6) is 0 Å². The van der Waals surface area contributed by atoms with Crippen molar-refractivity contribution < 1.29 is 19.8 Å². The first kappa shape index (κ1) is 13.8. The molecule has 0 spiro atoms. The maximum atomic E-state index is 11.9. The molecule has 0 aromatic heterocycles. The van der Waals surface area contributed by atoms with Gasteiger partial charge in [0.25, 0.3) is 0 Å². The molecule has 1 rings (SSSR count). The molecule has 0 saturated carbocycles. The first-order valence-corrected chi connectivity index (χ1v) is 5.88. The number of carboxylic acid groups (broad SMARTS) is 1. The second-order valence-electron chi connectivity index (χ2n) is 4.38. The molecular formula is C11H20N2O4. The average Bonchev–Trinajstić information content (AvgIpc) is 2.23. The Morgan fingerprint density at radius 3 is 2.47 bits per heavy atom. The van der Waals surface area contributed by atoms with Gasteiger partial charge in [0.05, 0.1) is 12.5 Å². The van der Waals surface area contributed by atoms with Gasteiger partial charge in [-0.1, -0.05) is 6.92 Å². The normalized spacial score (nSPS) is 17.5. The van der Waals surface area contributed by atoms with E-state index in [0.717, 1.165) is 0 Å². The van der Waals surface area contributed by atoms with Crippen LogP contribution in [-0.2, 0) is 4.79 Å². The lowest BCUT2D eigenvalue weighted by molar-refractivity contribution is -0.144. The van der Waals surface area contributed by atoms with Crippen LogP contribution in [0.2, 0.25) is 0 Å². The van der Waals surface area contributed by atoms with Crippen LogP contribution in [0, 0.1) is 11.8 Å². The Bertz CT molecular complexity index is 289. The Kier molecular flexibility index (Phi) is 4.74. The smallest absolute Gasteiger partial charge is 0.320 e. The number of hydrogen-bond acceptors (Lipinski definition) is 3. The van der Waals surface area contributed by atoms with Gasteiger partial charge in [0, 0.05) is 32.1 Å². The van der Waals surface area contributed by atoms with Crippen molar-refractivity contribution in [1.82, 2.24) is 9.80 Å². The zero-order valence-corrected chi connectivity index (χ0v) is 10.3. The Morgan fingerprint density at radius 1 is 1.47 bits per heavy atom. The van der Waals surface area contributed by atoms with E-state index in [1.165, 1.54) is 0 Å². The number of likely N-dealkylation sites (tertiary alicyclic amines) is 1. The molecule has 1 unspecified atom stereocenters. The van der Waals surface area contributed by atoms with Crippen LogP contribution < -0.4 is 0 Å². The third-order valence-electron chi connectivity index (χ3n) is 3.30. The van der Waals surface area contributed by atoms with Gasteiger partial charge in [-0.15, -0.1) is 0 Å². The highest BCUT2D eigenvalue weighted by atomic mass is 16.4. The maximum absolute atomic E-state index is 11.9. The first-order valence-electron chi connectivity index (χ1n) is 5.88. The third kappa shape index (κ3) is 3.09. The monoisotopic (exact) mass is 244 g/mol. The molecule has 6 heteroatoms. The number of aliphatic carboxylic acids is 1. The second kappa shape index (κ2) is 5.86. The van der Waals surface area contributed by atoms with Crippen LogP contribution in [0.3, 0.4) is 0 Å². The van der Waals surface area contributed by atoms with E-state index < -0.39 is 11.9 Å². The topological polar surface area (TPSA) is 81.1 Å². The quantitative estimate of drug-likeness (QED) is 0.717. The van der Waals surface area contributed by atoms with Gasteiger partial charge in [-0.2, -0.15) is 0 Å². The average molecular weight is 244 g/mol. The van der Waals surface area contributed by atoms with Gasteiger partial charge in [0.2, 0.25) is 0 Å².